The van der Waals surface area contributed by atoms with Crippen LogP contribution in [0.25, 0.3) is 0 Å². The number of aliphatic hydroxyl groups is 1. The molecule has 0 saturated carbocycles. The minimum Gasteiger partial charge on any atom is -0.399 e. The minimum absolute atomic E-state index is 0.0514. The van der Waals surface area contributed by atoms with E-state index in [9.17, 15) is 37.5 Å². The Hall–Kier alpha value is -6.77. The number of β-amino-alcohol motifs (C(OH)–C–C–N with tert-alkyl or cyclic N) is 1. The van der Waals surface area contributed by atoms with E-state index >= 15 is 0 Å². The van der Waals surface area contributed by atoms with Crippen molar-refractivity contribution in [2.75, 3.05) is 27.4 Å². The zero-order valence-electron chi connectivity index (χ0n) is 39.2. The fourth-order valence-electron chi connectivity index (χ4n) is 6.82. The van der Waals surface area contributed by atoms with E-state index in [2.05, 4.69) is 20.9 Å². The molecule has 1 saturated heterocycles. The van der Waals surface area contributed by atoms with Crippen LogP contribution in [0.2, 0.25) is 25.1 Å². The lowest BCUT2D eigenvalue weighted by Crippen LogP contribution is -2.44. The number of halogens is 9. The van der Waals surface area contributed by atoms with Crippen LogP contribution < -0.4 is 15.5 Å². The summed E-state index contributed by atoms with van der Waals surface area (Å²) in [6, 6.07) is 50.8. The van der Waals surface area contributed by atoms with Crippen molar-refractivity contribution in [2.45, 2.75) is 18.6 Å². The van der Waals surface area contributed by atoms with Gasteiger partial charge in [-0.2, -0.15) is 4.99 Å². The first kappa shape index (κ1) is 59.1. The number of isocyanates is 1. The quantitative estimate of drug-likeness (QED) is 0.0461. The second-order valence-corrected chi connectivity index (χ2v) is 18.6. The predicted octanol–water partition coefficient (Wildman–Crippen LogP) is 16.4. The van der Waals surface area contributed by atoms with E-state index in [1.165, 1.54) is 64.4 Å². The van der Waals surface area contributed by atoms with Crippen LogP contribution >= 0.6 is 73.9 Å². The summed E-state index contributed by atoms with van der Waals surface area (Å²) in [4.78, 5) is 51.9. The molecule has 9 rings (SSSR count). The SMILES string of the molecule is Nc1ccc(Cl)cc1.O=C(CBr)c1cccc(F)c1.O=C(CCc1ccc(Cl)cc1)c1cccc(F)c1.O=C1N(c2ccc(Cl)cc2)CC(O)(c2cccc(F)c2)N1c1ccc(Cl)cc1.O=C=Nc1ccc(Cl)cc1. The third-order valence-corrected chi connectivity index (χ3v) is 12.3. The molecule has 1 fully saturated rings. The van der Waals surface area contributed by atoms with Crippen molar-refractivity contribution in [1.29, 1.82) is 0 Å². The molecule has 9 nitrogen and oxygen atoms in total. The number of aliphatic imine (C=N–C) groups is 1. The van der Waals surface area contributed by atoms with Gasteiger partial charge in [-0.05, 0) is 158 Å². The van der Waals surface area contributed by atoms with Gasteiger partial charge in [0.2, 0.25) is 6.08 Å². The highest BCUT2D eigenvalue weighted by molar-refractivity contribution is 9.09. The molecule has 2 amide bonds. The Balaban J connectivity index is 0.000000189. The molecule has 1 heterocycles. The highest BCUT2D eigenvalue weighted by atomic mass is 79.9. The molecule has 0 aromatic heterocycles. The number of aryl methyl sites for hydroxylation is 1. The molecule has 75 heavy (non-hydrogen) atoms. The largest absolute Gasteiger partial charge is 0.399 e. The van der Waals surface area contributed by atoms with Crippen LogP contribution in [0.1, 0.15) is 38.3 Å². The lowest BCUT2D eigenvalue weighted by molar-refractivity contribution is 0.0652. The number of carbonyl (C=O) groups excluding carboxylic acids is 4. The van der Waals surface area contributed by atoms with Gasteiger partial charge in [-0.1, -0.05) is 122 Å². The van der Waals surface area contributed by atoms with E-state index in [1.54, 1.807) is 133 Å². The van der Waals surface area contributed by atoms with Crippen LogP contribution in [0.4, 0.5) is 40.7 Å². The first-order valence-corrected chi connectivity index (χ1v) is 25.2. The molecule has 0 aliphatic carbocycles. The van der Waals surface area contributed by atoms with Crippen molar-refractivity contribution < 1.29 is 37.5 Å². The van der Waals surface area contributed by atoms with Gasteiger partial charge >= 0.3 is 6.03 Å². The van der Waals surface area contributed by atoms with Gasteiger partial charge in [0.15, 0.2) is 17.3 Å². The number of urea groups is 1. The zero-order chi connectivity index (χ0) is 54.5. The number of benzene rings is 8. The molecule has 1 atom stereocenters. The smallest absolute Gasteiger partial charge is 0.331 e. The number of Topliss-reactive ketones (excluding diaryl/α,β-unsaturated/α-hetero) is 2. The molecule has 8 aromatic rings. The van der Waals surface area contributed by atoms with Crippen LogP contribution in [0.5, 0.6) is 0 Å². The Labute approximate surface area is 464 Å². The lowest BCUT2D eigenvalue weighted by Gasteiger charge is -2.32. The minimum atomic E-state index is -1.77. The maximum Gasteiger partial charge on any atom is 0.331 e. The summed E-state index contributed by atoms with van der Waals surface area (Å²) in [5.41, 5.74) is 8.06. The summed E-state index contributed by atoms with van der Waals surface area (Å²) in [5.74, 6) is -1.42. The van der Waals surface area contributed by atoms with E-state index in [4.69, 9.17) is 63.7 Å². The number of ketones is 2. The zero-order valence-corrected chi connectivity index (χ0v) is 44.6. The van der Waals surface area contributed by atoms with Crippen molar-refractivity contribution in [3.8, 4) is 0 Å². The number of nitrogen functional groups attached to an aromatic ring is 1. The van der Waals surface area contributed by atoms with Crippen LogP contribution in [0.15, 0.2) is 199 Å². The summed E-state index contributed by atoms with van der Waals surface area (Å²) in [5, 5.41) is 14.9. The molecule has 3 N–H and O–H groups in total. The van der Waals surface area contributed by atoms with Crippen molar-refractivity contribution in [3.05, 3.63) is 259 Å². The standard InChI is InChI=1S/C21H15Cl2FN2O2.C15H12ClFO.C8H6BrFO.C7H4ClNO.C6H6ClN/c22-15-4-8-18(9-5-15)25-13-21(28,14-2-1-3-17(24)12-14)26(20(25)27)19-10-6-16(23)7-11-19;16-13-7-4-11(5-8-13)6-9-15(18)12-2-1-3-14(17)10-12;9-5-8(11)6-2-1-3-7(10)4-6;8-6-1-3-7(4-2-6)9-5-10;7-5-1-3-6(8)4-2-5/h1-12,28H,13H2;1-5,7-8,10H,6,9H2;1-4H,5H2;1-4H;1-4H,8H2. The maximum absolute atomic E-state index is 13.9. The number of nitrogens with two attached hydrogens (primary N) is 1. The van der Waals surface area contributed by atoms with Gasteiger partial charge in [0.05, 0.1) is 17.6 Å². The second kappa shape index (κ2) is 29.4. The van der Waals surface area contributed by atoms with Gasteiger partial charge in [-0.25, -0.2) is 22.8 Å². The Bertz CT molecular complexity index is 3190. The molecular formula is C57H43BrCl5F3N4O5. The van der Waals surface area contributed by atoms with E-state index in [-0.39, 0.29) is 40.6 Å². The molecule has 0 spiro atoms. The number of anilines is 3. The van der Waals surface area contributed by atoms with Crippen molar-refractivity contribution >= 4 is 120 Å². The van der Waals surface area contributed by atoms with Crippen LogP contribution in [-0.2, 0) is 16.9 Å². The van der Waals surface area contributed by atoms with Crippen molar-refractivity contribution in [1.82, 2.24) is 0 Å². The van der Waals surface area contributed by atoms with E-state index in [0.29, 0.717) is 61.1 Å². The molecule has 1 aliphatic heterocycles. The summed E-state index contributed by atoms with van der Waals surface area (Å²) < 4.78 is 39.3. The van der Waals surface area contributed by atoms with E-state index < -0.39 is 17.6 Å². The maximum atomic E-state index is 13.9. The molecule has 18 heteroatoms. The lowest BCUT2D eigenvalue weighted by atomic mass is 10.0. The topological polar surface area (TPSA) is 133 Å². The Morgan fingerprint density at radius 3 is 1.48 bits per heavy atom. The van der Waals surface area contributed by atoms with Gasteiger partial charge in [-0.15, -0.1) is 0 Å². The Morgan fingerprint density at radius 1 is 0.600 bits per heavy atom. The molecule has 1 aliphatic rings. The van der Waals surface area contributed by atoms with Crippen molar-refractivity contribution in [2.24, 2.45) is 4.99 Å². The monoisotopic (exact) mass is 1170 g/mol. The third-order valence-electron chi connectivity index (χ3n) is 10.5. The van der Waals surface area contributed by atoms with Gasteiger partial charge in [0, 0.05) is 65.3 Å². The first-order valence-electron chi connectivity index (χ1n) is 22.2. The number of alkyl halides is 1. The fraction of sp³-hybridized carbons (Fsp3) is 0.0877. The Morgan fingerprint density at radius 2 is 1.03 bits per heavy atom. The number of nitrogens with zero attached hydrogens (tertiary/aromatic N) is 3. The molecular weight excluding hydrogens is 1130 g/mol. The third kappa shape index (κ3) is 18.5. The van der Waals surface area contributed by atoms with E-state index in [1.807, 2.05) is 12.1 Å². The normalized spacial score (nSPS) is 13.2. The molecule has 1 unspecified atom stereocenters. The number of carbonyl (C=O) groups is 3. The number of hydrogen-bond donors (Lipinski definition) is 2. The molecule has 8 aromatic carbocycles. The van der Waals surface area contributed by atoms with Gasteiger partial charge in [-0.3, -0.25) is 19.4 Å². The van der Waals surface area contributed by atoms with Gasteiger partial charge in [0.25, 0.3) is 0 Å². The number of amides is 2. The highest BCUT2D eigenvalue weighted by Gasteiger charge is 2.51. The average molecular weight is 1180 g/mol. The summed E-state index contributed by atoms with van der Waals surface area (Å²) >= 11 is 31.8. The molecule has 0 radical (unpaired) electrons. The first-order chi connectivity index (χ1) is 35.9. The predicted molar refractivity (Wildman–Crippen MR) is 299 cm³/mol. The number of rotatable bonds is 10. The fourth-order valence-corrected chi connectivity index (χ4v) is 7.77. The number of hydrogen-bond acceptors (Lipinski definition) is 7. The highest BCUT2D eigenvalue weighted by Crippen LogP contribution is 2.40. The van der Waals surface area contributed by atoms with Crippen LogP contribution in [0, 0.1) is 17.5 Å². The average Bonchev–Trinajstić information content (AvgIpc) is 3.69. The summed E-state index contributed by atoms with van der Waals surface area (Å²) in [6.45, 7) is -0.0838. The van der Waals surface area contributed by atoms with Crippen molar-refractivity contribution in [3.63, 3.8) is 0 Å². The van der Waals surface area contributed by atoms with Gasteiger partial charge < -0.3 is 10.8 Å². The van der Waals surface area contributed by atoms with Crippen LogP contribution in [0.3, 0.4) is 0 Å². The Kier molecular flexibility index (Phi) is 23.1. The van der Waals surface area contributed by atoms with E-state index in [0.717, 1.165) is 16.3 Å². The summed E-state index contributed by atoms with van der Waals surface area (Å²) in [6.07, 6.45) is 2.43. The van der Waals surface area contributed by atoms with Crippen LogP contribution in [-0.4, -0.2) is 40.7 Å². The summed E-state index contributed by atoms with van der Waals surface area (Å²) in [7, 11) is 0. The molecule has 384 valence electrons. The van der Waals surface area contributed by atoms with Gasteiger partial charge in [0.1, 0.15) is 17.5 Å². The molecule has 0 bridgehead atoms. The second-order valence-electron chi connectivity index (χ2n) is 15.8.